The molecule has 0 aliphatic rings. The summed E-state index contributed by atoms with van der Waals surface area (Å²) in [6, 6.07) is 8.26. The zero-order valence-electron chi connectivity index (χ0n) is 12.2. The third-order valence-corrected chi connectivity index (χ3v) is 3.49. The molecule has 3 aromatic carbocycles. The third kappa shape index (κ3) is 2.95. The van der Waals surface area contributed by atoms with Crippen molar-refractivity contribution in [2.45, 2.75) is 6.18 Å². The van der Waals surface area contributed by atoms with E-state index in [9.17, 15) is 31.4 Å². The van der Waals surface area contributed by atoms with E-state index in [1.54, 1.807) is 0 Å². The summed E-state index contributed by atoms with van der Waals surface area (Å²) in [4.78, 5) is 0. The summed E-state index contributed by atoms with van der Waals surface area (Å²) in [6.07, 6.45) is -5.25. The van der Waals surface area contributed by atoms with E-state index in [0.29, 0.717) is 0 Å². The molecule has 3 rings (SSSR count). The van der Waals surface area contributed by atoms with Crippen LogP contribution in [-0.2, 0) is 6.18 Å². The Hall–Kier alpha value is -2.90. The molecule has 0 fully saturated rings. The van der Waals surface area contributed by atoms with Gasteiger partial charge in [0.25, 0.3) is 0 Å². The first kappa shape index (κ1) is 16.9. The van der Waals surface area contributed by atoms with Crippen molar-refractivity contribution < 1.29 is 36.2 Å². The predicted octanol–water partition coefficient (Wildman–Crippen LogP) is 5.77. The highest BCUT2D eigenvalue weighted by Gasteiger charge is 2.38. The van der Waals surface area contributed by atoms with Gasteiger partial charge in [0.2, 0.25) is 11.6 Å². The first-order valence-electron chi connectivity index (χ1n) is 6.83. The molecule has 0 spiro atoms. The lowest BCUT2D eigenvalue weighted by atomic mass is 10.1. The number of alkyl halides is 3. The van der Waals surface area contributed by atoms with Crippen LogP contribution in [-0.4, -0.2) is 5.11 Å². The molecular formula is C17H8F6O2. The Labute approximate surface area is 136 Å². The first-order chi connectivity index (χ1) is 11.7. The summed E-state index contributed by atoms with van der Waals surface area (Å²) in [5.41, 5.74) is -2.06. The van der Waals surface area contributed by atoms with Crippen LogP contribution in [0.15, 0.2) is 42.5 Å². The van der Waals surface area contributed by atoms with Gasteiger partial charge in [0.15, 0.2) is 11.6 Å². The summed E-state index contributed by atoms with van der Waals surface area (Å²) in [6.45, 7) is 0. The summed E-state index contributed by atoms with van der Waals surface area (Å²) in [5.74, 6) is -7.66. The van der Waals surface area contributed by atoms with Gasteiger partial charge in [0, 0.05) is 10.8 Å². The molecule has 0 saturated carbocycles. The van der Waals surface area contributed by atoms with Gasteiger partial charge in [0.1, 0.15) is 11.5 Å². The Kier molecular flexibility index (Phi) is 3.98. The highest BCUT2D eigenvalue weighted by molar-refractivity contribution is 5.93. The van der Waals surface area contributed by atoms with Crippen molar-refractivity contribution in [1.29, 1.82) is 0 Å². The number of benzene rings is 3. The molecule has 0 aromatic heterocycles. The number of hydrogen-bond donors (Lipinski definition) is 1. The summed E-state index contributed by atoms with van der Waals surface area (Å²) in [7, 11) is 0. The number of aromatic hydroxyl groups is 1. The SMILES string of the molecule is Oc1cccc2c(Oc3c(F)cc(C(F)(F)F)c(F)c3F)cccc12. The van der Waals surface area contributed by atoms with Crippen LogP contribution in [0.1, 0.15) is 5.56 Å². The highest BCUT2D eigenvalue weighted by atomic mass is 19.4. The standard InChI is InChI=1S/C17H8F6O2/c18-11-7-10(17(21,22)23)14(19)15(20)16(11)25-13-6-2-3-8-9(13)4-1-5-12(8)24/h1-7,24H. The van der Waals surface area contributed by atoms with Crippen LogP contribution in [0.5, 0.6) is 17.2 Å². The summed E-state index contributed by atoms with van der Waals surface area (Å²) in [5, 5.41) is 10.3. The number of halogens is 6. The Balaban J connectivity index is 2.14. The molecule has 0 saturated heterocycles. The van der Waals surface area contributed by atoms with Crippen molar-refractivity contribution in [3.8, 4) is 17.2 Å². The minimum Gasteiger partial charge on any atom is -0.507 e. The van der Waals surface area contributed by atoms with E-state index in [0.717, 1.165) is 0 Å². The largest absolute Gasteiger partial charge is 0.507 e. The second kappa shape index (κ2) is 5.87. The summed E-state index contributed by atoms with van der Waals surface area (Å²) >= 11 is 0. The average molecular weight is 358 g/mol. The van der Waals surface area contributed by atoms with Gasteiger partial charge in [-0.15, -0.1) is 0 Å². The highest BCUT2D eigenvalue weighted by Crippen LogP contribution is 2.40. The van der Waals surface area contributed by atoms with Gasteiger partial charge in [-0.1, -0.05) is 24.3 Å². The Morgan fingerprint density at radius 1 is 0.840 bits per heavy atom. The quantitative estimate of drug-likeness (QED) is 0.465. The Morgan fingerprint density at radius 2 is 1.48 bits per heavy atom. The van der Waals surface area contributed by atoms with Crippen LogP contribution < -0.4 is 4.74 Å². The molecular weight excluding hydrogens is 350 g/mol. The monoisotopic (exact) mass is 358 g/mol. The van der Waals surface area contributed by atoms with E-state index in [1.807, 2.05) is 0 Å². The van der Waals surface area contributed by atoms with Crippen LogP contribution in [0, 0.1) is 17.5 Å². The van der Waals surface area contributed by atoms with Crippen LogP contribution in [0.3, 0.4) is 0 Å². The zero-order valence-corrected chi connectivity index (χ0v) is 12.2. The van der Waals surface area contributed by atoms with Gasteiger partial charge < -0.3 is 9.84 Å². The van der Waals surface area contributed by atoms with Gasteiger partial charge in [-0.3, -0.25) is 0 Å². The second-order valence-corrected chi connectivity index (χ2v) is 5.09. The fraction of sp³-hybridized carbons (Fsp3) is 0.0588. The van der Waals surface area contributed by atoms with Crippen molar-refractivity contribution in [2.75, 3.05) is 0 Å². The molecule has 0 aliphatic carbocycles. The maximum atomic E-state index is 13.9. The molecule has 0 atom stereocenters. The second-order valence-electron chi connectivity index (χ2n) is 5.09. The van der Waals surface area contributed by atoms with Crippen molar-refractivity contribution in [3.05, 3.63) is 65.5 Å². The van der Waals surface area contributed by atoms with Gasteiger partial charge in [0.05, 0.1) is 5.56 Å². The third-order valence-electron chi connectivity index (χ3n) is 3.49. The fourth-order valence-electron chi connectivity index (χ4n) is 2.34. The van der Waals surface area contributed by atoms with E-state index in [4.69, 9.17) is 4.74 Å². The molecule has 0 heterocycles. The number of phenolic OH excluding ortho intramolecular Hbond substituents is 1. The molecule has 8 heteroatoms. The lowest BCUT2D eigenvalue weighted by molar-refractivity contribution is -0.140. The molecule has 0 amide bonds. The molecule has 1 N–H and O–H groups in total. The topological polar surface area (TPSA) is 29.5 Å². The average Bonchev–Trinajstić information content (AvgIpc) is 2.54. The van der Waals surface area contributed by atoms with E-state index in [2.05, 4.69) is 0 Å². The van der Waals surface area contributed by atoms with Crippen molar-refractivity contribution in [1.82, 2.24) is 0 Å². The van der Waals surface area contributed by atoms with Crippen LogP contribution in [0.25, 0.3) is 10.8 Å². The number of fused-ring (bicyclic) bond motifs is 1. The molecule has 0 bridgehead atoms. The minimum atomic E-state index is -5.25. The molecule has 0 aliphatic heterocycles. The Bertz CT molecular complexity index is 965. The number of ether oxygens (including phenoxy) is 1. The van der Waals surface area contributed by atoms with E-state index in [1.165, 1.54) is 36.4 Å². The normalized spacial score (nSPS) is 11.8. The van der Waals surface area contributed by atoms with E-state index < -0.39 is 34.9 Å². The lowest BCUT2D eigenvalue weighted by Gasteiger charge is -2.14. The maximum Gasteiger partial charge on any atom is 0.419 e. The van der Waals surface area contributed by atoms with Gasteiger partial charge in [-0.25, -0.2) is 8.78 Å². The van der Waals surface area contributed by atoms with Crippen LogP contribution in [0.2, 0.25) is 0 Å². The molecule has 130 valence electrons. The lowest BCUT2D eigenvalue weighted by Crippen LogP contribution is -2.11. The summed E-state index contributed by atoms with van der Waals surface area (Å²) < 4.78 is 84.2. The number of hydrogen-bond acceptors (Lipinski definition) is 2. The van der Waals surface area contributed by atoms with Crippen LogP contribution >= 0.6 is 0 Å². The smallest absolute Gasteiger partial charge is 0.419 e. The molecule has 2 nitrogen and oxygen atoms in total. The van der Waals surface area contributed by atoms with Gasteiger partial charge in [-0.05, 0) is 18.2 Å². The zero-order chi connectivity index (χ0) is 18.4. The van der Waals surface area contributed by atoms with Crippen molar-refractivity contribution in [3.63, 3.8) is 0 Å². The minimum absolute atomic E-state index is 0.137. The molecule has 0 unspecified atom stereocenters. The van der Waals surface area contributed by atoms with Gasteiger partial charge in [-0.2, -0.15) is 17.6 Å². The predicted molar refractivity (Wildman–Crippen MR) is 77.0 cm³/mol. The van der Waals surface area contributed by atoms with Gasteiger partial charge >= 0.3 is 6.18 Å². The maximum absolute atomic E-state index is 13.9. The van der Waals surface area contributed by atoms with Crippen molar-refractivity contribution >= 4 is 10.8 Å². The number of phenols is 1. The van der Waals surface area contributed by atoms with E-state index >= 15 is 0 Å². The molecule has 25 heavy (non-hydrogen) atoms. The molecule has 0 radical (unpaired) electrons. The fourth-order valence-corrected chi connectivity index (χ4v) is 2.34. The van der Waals surface area contributed by atoms with Crippen molar-refractivity contribution in [2.24, 2.45) is 0 Å². The first-order valence-corrected chi connectivity index (χ1v) is 6.83. The van der Waals surface area contributed by atoms with E-state index in [-0.39, 0.29) is 28.3 Å². The van der Waals surface area contributed by atoms with Crippen LogP contribution in [0.4, 0.5) is 26.3 Å². The molecule has 3 aromatic rings. The number of rotatable bonds is 2. The Morgan fingerprint density at radius 3 is 2.16 bits per heavy atom.